The summed E-state index contributed by atoms with van der Waals surface area (Å²) in [5, 5.41) is 2.86. The summed E-state index contributed by atoms with van der Waals surface area (Å²) < 4.78 is 10.5. The Morgan fingerprint density at radius 3 is 1.26 bits per heavy atom. The fourth-order valence-electron chi connectivity index (χ4n) is 1.83. The molecule has 0 aliphatic rings. The summed E-state index contributed by atoms with van der Waals surface area (Å²) in [7, 11) is -3.24. The molecule has 3 aromatic rings. The normalized spacial score (nSPS) is 10.5. The van der Waals surface area contributed by atoms with Crippen molar-refractivity contribution in [2.45, 2.75) is 0 Å². The van der Waals surface area contributed by atoms with E-state index in [2.05, 4.69) is 60.7 Å². The van der Waals surface area contributed by atoms with Gasteiger partial charge in [-0.25, -0.2) is 0 Å². The van der Waals surface area contributed by atoms with Gasteiger partial charge >= 0.3 is 7.60 Å². The van der Waals surface area contributed by atoms with Crippen LogP contribution in [0.1, 0.15) is 0 Å². The van der Waals surface area contributed by atoms with Gasteiger partial charge in [-0.15, -0.1) is 0 Å². The van der Waals surface area contributed by atoms with Crippen molar-refractivity contribution in [3.8, 4) is 0 Å². The molecule has 0 heterocycles. The zero-order valence-electron chi connectivity index (χ0n) is 12.4. The van der Waals surface area contributed by atoms with Gasteiger partial charge in [-0.2, -0.15) is 0 Å². The van der Waals surface area contributed by atoms with Crippen LogP contribution >= 0.6 is 16.2 Å². The highest BCUT2D eigenvalue weighted by molar-refractivity contribution is 7.60. The highest BCUT2D eigenvalue weighted by Gasteiger charge is 2.14. The van der Waals surface area contributed by atoms with E-state index in [1.807, 2.05) is 0 Å². The molecule has 118 valence electrons. The lowest BCUT2D eigenvalue weighted by molar-refractivity contribution is 0.387. The van der Waals surface area contributed by atoms with E-state index in [1.165, 1.54) is 22.7 Å². The van der Waals surface area contributed by atoms with Crippen molar-refractivity contribution >= 4 is 32.1 Å². The summed E-state index contributed by atoms with van der Waals surface area (Å²) >= 11 is 0. The molecule has 3 aromatic carbocycles. The Bertz CT molecular complexity index is 703. The molecule has 0 aromatic heterocycles. The van der Waals surface area contributed by atoms with Crippen LogP contribution in [0.25, 0.3) is 0 Å². The van der Waals surface area contributed by atoms with Crippen molar-refractivity contribution < 1.29 is 14.4 Å². The fraction of sp³-hybridized carbons (Fsp3) is 0. The van der Waals surface area contributed by atoms with Gasteiger partial charge in [0.1, 0.15) is 0 Å². The summed E-state index contributed by atoms with van der Waals surface area (Å²) in [6.07, 6.45) is 0. The maximum absolute atomic E-state index is 10.5. The first-order valence-corrected chi connectivity index (χ1v) is 9.65. The molecule has 3 rings (SSSR count). The Hall–Kier alpha value is -1.76. The van der Waals surface area contributed by atoms with E-state index >= 15 is 0 Å². The molecule has 2 N–H and O–H groups in total. The zero-order valence-corrected chi connectivity index (χ0v) is 14.3. The first-order chi connectivity index (χ1) is 11.1. The van der Waals surface area contributed by atoms with Crippen LogP contribution in [0.2, 0.25) is 0 Å². The molecule has 3 nitrogen and oxygen atoms in total. The summed E-state index contributed by atoms with van der Waals surface area (Å²) in [4.78, 5) is 17.2. The molecule has 0 saturated carbocycles. The molecule has 0 unspecified atom stereocenters. The van der Waals surface area contributed by atoms with E-state index in [9.17, 15) is 4.57 Å². The molecule has 0 aliphatic carbocycles. The number of benzene rings is 3. The highest BCUT2D eigenvalue weighted by Crippen LogP contribution is 2.32. The Labute approximate surface area is 138 Å². The molecule has 0 radical (unpaired) electrons. The summed E-state index contributed by atoms with van der Waals surface area (Å²) in [5.41, 5.74) is 0. The lowest BCUT2D eigenvalue weighted by Gasteiger charge is -2.00. The zero-order chi connectivity index (χ0) is 16.5. The molecule has 0 amide bonds. The first-order valence-electron chi connectivity index (χ1n) is 7.04. The van der Waals surface area contributed by atoms with Crippen LogP contribution in [-0.2, 0) is 4.57 Å². The van der Waals surface area contributed by atoms with Crippen LogP contribution in [0, 0.1) is 0 Å². The van der Waals surface area contributed by atoms with E-state index in [-0.39, 0.29) is 5.30 Å². The molecule has 0 bridgehead atoms. The van der Waals surface area contributed by atoms with E-state index < -0.39 is 7.60 Å². The summed E-state index contributed by atoms with van der Waals surface area (Å²) in [6.45, 7) is 0. The van der Waals surface area contributed by atoms with Gasteiger partial charge in [0.15, 0.2) is 0 Å². The van der Waals surface area contributed by atoms with Gasteiger partial charge < -0.3 is 9.79 Å². The molecule has 0 aliphatic heterocycles. The lowest BCUT2D eigenvalue weighted by Crippen LogP contribution is -2.01. The van der Waals surface area contributed by atoms with Crippen molar-refractivity contribution in [1.29, 1.82) is 0 Å². The Morgan fingerprint density at radius 2 is 0.957 bits per heavy atom. The second-order valence-electron chi connectivity index (χ2n) is 4.74. The average molecular weight is 344 g/mol. The molecular formula is C18H18O3P2. The van der Waals surface area contributed by atoms with Gasteiger partial charge in [-0.1, -0.05) is 87.4 Å². The van der Waals surface area contributed by atoms with Crippen molar-refractivity contribution in [1.82, 2.24) is 0 Å². The smallest absolute Gasteiger partial charge is 0.321 e. The standard InChI is InChI=1S/C12H11P.C6H7O3P/c1-3-7-11(8-4-1)13-12-9-5-2-6-10-12;7-10(8,9)6-4-2-1-3-5-6/h1-10,13H;1-5H,(H2,7,8,9). The number of hydrogen-bond acceptors (Lipinski definition) is 1. The van der Waals surface area contributed by atoms with E-state index in [0.717, 1.165) is 8.58 Å². The molecule has 0 saturated heterocycles. The van der Waals surface area contributed by atoms with Crippen LogP contribution in [0.3, 0.4) is 0 Å². The predicted octanol–water partition coefficient (Wildman–Crippen LogP) is 2.81. The highest BCUT2D eigenvalue weighted by atomic mass is 31.2. The second-order valence-corrected chi connectivity index (χ2v) is 7.75. The third kappa shape index (κ3) is 6.48. The quantitative estimate of drug-likeness (QED) is 0.719. The maximum Gasteiger partial charge on any atom is 0.356 e. The van der Waals surface area contributed by atoms with E-state index in [0.29, 0.717) is 0 Å². The average Bonchev–Trinajstić information content (AvgIpc) is 2.57. The third-order valence-corrected chi connectivity index (χ3v) is 5.14. The first kappa shape index (κ1) is 17.6. The van der Waals surface area contributed by atoms with Crippen molar-refractivity contribution in [3.63, 3.8) is 0 Å². The number of rotatable bonds is 3. The largest absolute Gasteiger partial charge is 0.356 e. The molecular weight excluding hydrogens is 326 g/mol. The van der Waals surface area contributed by atoms with Crippen LogP contribution in [0.4, 0.5) is 0 Å². The molecule has 0 atom stereocenters. The van der Waals surface area contributed by atoms with Crippen molar-refractivity contribution in [3.05, 3.63) is 91.0 Å². The fourth-order valence-corrected chi connectivity index (χ4v) is 3.44. The monoisotopic (exact) mass is 344 g/mol. The van der Waals surface area contributed by atoms with Crippen LogP contribution in [0.5, 0.6) is 0 Å². The topological polar surface area (TPSA) is 57.5 Å². The Kier molecular flexibility index (Phi) is 6.70. The van der Waals surface area contributed by atoms with Crippen LogP contribution < -0.4 is 15.9 Å². The van der Waals surface area contributed by atoms with Gasteiger partial charge in [0, 0.05) is 0 Å². The maximum atomic E-state index is 10.5. The number of hydrogen-bond donors (Lipinski definition) is 2. The Morgan fingerprint density at radius 1 is 0.609 bits per heavy atom. The molecule has 0 spiro atoms. The van der Waals surface area contributed by atoms with Gasteiger partial charge in [0.05, 0.1) is 5.30 Å². The molecule has 5 heteroatoms. The molecule has 0 fully saturated rings. The van der Waals surface area contributed by atoms with Crippen LogP contribution in [-0.4, -0.2) is 9.79 Å². The minimum absolute atomic E-state index is 0.0648. The van der Waals surface area contributed by atoms with E-state index in [1.54, 1.807) is 18.2 Å². The summed E-state index contributed by atoms with van der Waals surface area (Å²) in [5.74, 6) is 0. The third-order valence-electron chi connectivity index (χ3n) is 2.93. The van der Waals surface area contributed by atoms with E-state index in [4.69, 9.17) is 9.79 Å². The van der Waals surface area contributed by atoms with Crippen molar-refractivity contribution in [2.75, 3.05) is 0 Å². The SMILES string of the molecule is O=P(O)(O)c1ccccc1.c1ccc(Pc2ccccc2)cc1. The van der Waals surface area contributed by atoms with Gasteiger partial charge in [-0.05, 0) is 22.7 Å². The lowest BCUT2D eigenvalue weighted by atomic mass is 10.4. The van der Waals surface area contributed by atoms with Gasteiger partial charge in [-0.3, -0.25) is 4.57 Å². The van der Waals surface area contributed by atoms with Crippen molar-refractivity contribution in [2.24, 2.45) is 0 Å². The molecule has 23 heavy (non-hydrogen) atoms. The second kappa shape index (κ2) is 8.76. The minimum atomic E-state index is -4.02. The van der Waals surface area contributed by atoms with Crippen LogP contribution in [0.15, 0.2) is 91.0 Å². The predicted molar refractivity (Wildman–Crippen MR) is 98.6 cm³/mol. The van der Waals surface area contributed by atoms with Gasteiger partial charge in [0.2, 0.25) is 0 Å². The van der Waals surface area contributed by atoms with Gasteiger partial charge in [0.25, 0.3) is 0 Å². The summed E-state index contributed by atoms with van der Waals surface area (Å²) in [6, 6.07) is 28.8. The minimum Gasteiger partial charge on any atom is -0.321 e. The Balaban J connectivity index is 0.000000174.